The third kappa shape index (κ3) is 4.05. The van der Waals surface area contributed by atoms with Gasteiger partial charge in [-0.25, -0.2) is 13.1 Å². The lowest BCUT2D eigenvalue weighted by molar-refractivity contribution is 0.372. The number of hydrogen-bond donors (Lipinski definition) is 2. The molecule has 2 N–H and O–H groups in total. The first kappa shape index (κ1) is 11.4. The van der Waals surface area contributed by atoms with Crippen LogP contribution >= 0.6 is 0 Å². The van der Waals surface area contributed by atoms with Crippen LogP contribution in [0.2, 0.25) is 0 Å². The zero-order valence-electron chi connectivity index (χ0n) is 7.99. The molecule has 0 unspecified atom stereocenters. The molecule has 0 bridgehead atoms. The quantitative estimate of drug-likeness (QED) is 0.660. The van der Waals surface area contributed by atoms with E-state index in [1.165, 1.54) is 0 Å². The Hall–Kier alpha value is -0.640. The van der Waals surface area contributed by atoms with Crippen molar-refractivity contribution in [1.82, 2.24) is 10.0 Å². The number of nitriles is 1. The topological polar surface area (TPSA) is 82.0 Å². The van der Waals surface area contributed by atoms with Crippen LogP contribution in [0.25, 0.3) is 0 Å². The highest BCUT2D eigenvalue weighted by molar-refractivity contribution is 7.89. The van der Waals surface area contributed by atoms with Gasteiger partial charge in [-0.05, 0) is 31.8 Å². The van der Waals surface area contributed by atoms with Gasteiger partial charge in [-0.1, -0.05) is 0 Å². The third-order valence-corrected chi connectivity index (χ3v) is 3.42. The normalized spacial score (nSPS) is 19.1. The summed E-state index contributed by atoms with van der Waals surface area (Å²) in [5, 5.41) is 11.5. The first-order valence-electron chi connectivity index (χ1n) is 4.69. The standard InChI is InChI=1S/C8H15N3O2S/c9-3-6-14(12,13)11-7-8-1-4-10-5-2-8/h8,10-11H,1-2,4-7H2. The van der Waals surface area contributed by atoms with Gasteiger partial charge < -0.3 is 5.32 Å². The number of hydrogen-bond acceptors (Lipinski definition) is 4. The number of rotatable bonds is 4. The predicted octanol–water partition coefficient (Wildman–Crippen LogP) is -0.571. The molecule has 0 amide bonds. The minimum Gasteiger partial charge on any atom is -0.317 e. The second kappa shape index (κ2) is 5.29. The maximum atomic E-state index is 11.1. The van der Waals surface area contributed by atoms with E-state index >= 15 is 0 Å². The lowest BCUT2D eigenvalue weighted by Gasteiger charge is -2.22. The molecular formula is C8H15N3O2S. The Bertz CT molecular complexity index is 301. The Morgan fingerprint density at radius 1 is 1.43 bits per heavy atom. The van der Waals surface area contributed by atoms with E-state index < -0.39 is 15.8 Å². The number of sulfonamides is 1. The van der Waals surface area contributed by atoms with Crippen LogP contribution in [0.3, 0.4) is 0 Å². The number of nitrogens with one attached hydrogen (secondary N) is 2. The van der Waals surface area contributed by atoms with E-state index in [2.05, 4.69) is 10.0 Å². The summed E-state index contributed by atoms with van der Waals surface area (Å²) in [7, 11) is -3.36. The molecule has 0 aromatic rings. The van der Waals surface area contributed by atoms with Gasteiger partial charge in [0.15, 0.2) is 5.75 Å². The molecule has 1 aliphatic heterocycles. The van der Waals surface area contributed by atoms with Gasteiger partial charge in [-0.2, -0.15) is 5.26 Å². The Balaban J connectivity index is 2.29. The maximum Gasteiger partial charge on any atom is 0.225 e. The summed E-state index contributed by atoms with van der Waals surface area (Å²) in [6.07, 6.45) is 1.99. The molecule has 1 aliphatic rings. The van der Waals surface area contributed by atoms with Crippen LogP contribution in [0.4, 0.5) is 0 Å². The van der Waals surface area contributed by atoms with Gasteiger partial charge in [0, 0.05) is 6.54 Å². The fraction of sp³-hybridized carbons (Fsp3) is 0.875. The molecule has 0 aromatic heterocycles. The molecule has 0 aromatic carbocycles. The van der Waals surface area contributed by atoms with E-state index in [1.54, 1.807) is 6.07 Å². The van der Waals surface area contributed by atoms with Crippen molar-refractivity contribution < 1.29 is 8.42 Å². The lowest BCUT2D eigenvalue weighted by Crippen LogP contribution is -2.36. The molecule has 1 saturated heterocycles. The zero-order valence-corrected chi connectivity index (χ0v) is 8.81. The van der Waals surface area contributed by atoms with Crippen molar-refractivity contribution >= 4 is 10.0 Å². The van der Waals surface area contributed by atoms with Crippen LogP contribution in [0, 0.1) is 17.2 Å². The van der Waals surface area contributed by atoms with Crippen molar-refractivity contribution in [3.8, 4) is 6.07 Å². The van der Waals surface area contributed by atoms with Crippen LogP contribution in [0.1, 0.15) is 12.8 Å². The fourth-order valence-electron chi connectivity index (χ4n) is 1.47. The first-order chi connectivity index (χ1) is 6.64. The molecule has 5 nitrogen and oxygen atoms in total. The minimum absolute atomic E-state index is 0.407. The molecule has 14 heavy (non-hydrogen) atoms. The van der Waals surface area contributed by atoms with Gasteiger partial charge in [-0.15, -0.1) is 0 Å². The second-order valence-corrected chi connectivity index (χ2v) is 5.27. The lowest BCUT2D eigenvalue weighted by atomic mass is 9.99. The highest BCUT2D eigenvalue weighted by Crippen LogP contribution is 2.10. The average Bonchev–Trinajstić information content (AvgIpc) is 2.17. The predicted molar refractivity (Wildman–Crippen MR) is 53.0 cm³/mol. The second-order valence-electron chi connectivity index (χ2n) is 3.46. The number of nitrogens with zero attached hydrogens (tertiary/aromatic N) is 1. The first-order valence-corrected chi connectivity index (χ1v) is 6.34. The molecule has 0 aliphatic carbocycles. The Kier molecular flexibility index (Phi) is 4.32. The van der Waals surface area contributed by atoms with Crippen molar-refractivity contribution in [3.05, 3.63) is 0 Å². The molecule has 0 atom stereocenters. The molecule has 1 heterocycles. The molecular weight excluding hydrogens is 202 g/mol. The largest absolute Gasteiger partial charge is 0.317 e. The van der Waals surface area contributed by atoms with E-state index in [-0.39, 0.29) is 0 Å². The van der Waals surface area contributed by atoms with E-state index in [1.807, 2.05) is 0 Å². The molecule has 1 rings (SSSR count). The summed E-state index contributed by atoms with van der Waals surface area (Å²) in [6.45, 7) is 2.36. The summed E-state index contributed by atoms with van der Waals surface area (Å²) >= 11 is 0. The molecule has 0 radical (unpaired) electrons. The fourth-order valence-corrected chi connectivity index (χ4v) is 2.23. The van der Waals surface area contributed by atoms with Crippen molar-refractivity contribution in [1.29, 1.82) is 5.26 Å². The van der Waals surface area contributed by atoms with E-state index in [9.17, 15) is 8.42 Å². The van der Waals surface area contributed by atoms with Gasteiger partial charge in [0.1, 0.15) is 0 Å². The van der Waals surface area contributed by atoms with E-state index in [4.69, 9.17) is 5.26 Å². The Morgan fingerprint density at radius 3 is 2.64 bits per heavy atom. The van der Waals surface area contributed by atoms with E-state index in [0.29, 0.717) is 12.5 Å². The van der Waals surface area contributed by atoms with Gasteiger partial charge in [-0.3, -0.25) is 0 Å². The monoisotopic (exact) mass is 217 g/mol. The van der Waals surface area contributed by atoms with E-state index in [0.717, 1.165) is 25.9 Å². The molecule has 80 valence electrons. The molecule has 6 heteroatoms. The average molecular weight is 217 g/mol. The number of piperidine rings is 1. The molecule has 1 fully saturated rings. The van der Waals surface area contributed by atoms with Crippen molar-refractivity contribution in [2.24, 2.45) is 5.92 Å². The highest BCUT2D eigenvalue weighted by Gasteiger charge is 2.16. The van der Waals surface area contributed by atoms with Crippen LogP contribution in [-0.4, -0.2) is 33.8 Å². The molecule has 0 saturated carbocycles. The third-order valence-electron chi connectivity index (χ3n) is 2.31. The molecule has 0 spiro atoms. The maximum absolute atomic E-state index is 11.1. The van der Waals surface area contributed by atoms with Gasteiger partial charge in [0.05, 0.1) is 6.07 Å². The Morgan fingerprint density at radius 2 is 2.07 bits per heavy atom. The van der Waals surface area contributed by atoms with Crippen LogP contribution in [0.5, 0.6) is 0 Å². The smallest absolute Gasteiger partial charge is 0.225 e. The minimum atomic E-state index is -3.36. The summed E-state index contributed by atoms with van der Waals surface area (Å²) in [5.41, 5.74) is 0. The van der Waals surface area contributed by atoms with Gasteiger partial charge in [0.25, 0.3) is 0 Å². The zero-order chi connectivity index (χ0) is 10.4. The van der Waals surface area contributed by atoms with Crippen LogP contribution in [0.15, 0.2) is 0 Å². The van der Waals surface area contributed by atoms with Crippen molar-refractivity contribution in [3.63, 3.8) is 0 Å². The van der Waals surface area contributed by atoms with Gasteiger partial charge >= 0.3 is 0 Å². The van der Waals surface area contributed by atoms with Crippen molar-refractivity contribution in [2.75, 3.05) is 25.4 Å². The summed E-state index contributed by atoms with van der Waals surface area (Å²) in [5.74, 6) is -0.0393. The highest BCUT2D eigenvalue weighted by atomic mass is 32.2. The Labute approximate surface area is 84.5 Å². The van der Waals surface area contributed by atoms with Crippen LogP contribution in [-0.2, 0) is 10.0 Å². The summed E-state index contributed by atoms with van der Waals surface area (Å²) < 4.78 is 24.7. The summed E-state index contributed by atoms with van der Waals surface area (Å²) in [4.78, 5) is 0. The van der Waals surface area contributed by atoms with Crippen LogP contribution < -0.4 is 10.0 Å². The van der Waals surface area contributed by atoms with Crippen molar-refractivity contribution in [2.45, 2.75) is 12.8 Å². The SMILES string of the molecule is N#CCS(=O)(=O)NCC1CCNCC1. The summed E-state index contributed by atoms with van der Waals surface area (Å²) in [6, 6.07) is 1.63. The van der Waals surface area contributed by atoms with Gasteiger partial charge in [0.2, 0.25) is 10.0 Å².